The van der Waals surface area contributed by atoms with E-state index in [1.165, 1.54) is 12.6 Å². The largest absolute Gasteiger partial charge is 0.482 e. The van der Waals surface area contributed by atoms with Crippen molar-refractivity contribution >= 4 is 12.3 Å². The first kappa shape index (κ1) is 13.6. The zero-order chi connectivity index (χ0) is 10.2. The van der Waals surface area contributed by atoms with Crippen molar-refractivity contribution in [1.29, 1.82) is 0 Å². The Hall–Kier alpha value is -1.40. The molecule has 0 saturated carbocycles. The van der Waals surface area contributed by atoms with Gasteiger partial charge in [-0.3, -0.25) is 14.8 Å². The second-order valence-electron chi connectivity index (χ2n) is 2.46. The fourth-order valence-corrected chi connectivity index (χ4v) is 0.772. The third-order valence-electron chi connectivity index (χ3n) is 1.40. The number of aliphatic imine (C=N–C) groups is 1. The molecule has 0 aromatic carbocycles. The van der Waals surface area contributed by atoms with Gasteiger partial charge in [-0.15, -0.1) is 0 Å². The number of nitrogens with two attached hydrogens (primary N) is 1. The van der Waals surface area contributed by atoms with Crippen molar-refractivity contribution in [2.45, 2.75) is 0 Å². The quantitative estimate of drug-likeness (QED) is 0.776. The van der Waals surface area contributed by atoms with Crippen LogP contribution in [0.15, 0.2) is 29.4 Å². The minimum absolute atomic E-state index is 0. The van der Waals surface area contributed by atoms with E-state index in [0.717, 1.165) is 13.2 Å². The molecule has 15 heavy (non-hydrogen) atoms. The summed E-state index contributed by atoms with van der Waals surface area (Å²) in [5, 5.41) is 0. The first-order valence-corrected chi connectivity index (χ1v) is 4.11. The summed E-state index contributed by atoms with van der Waals surface area (Å²) in [5.74, 6) is -0.490. The zero-order valence-corrected chi connectivity index (χ0v) is 8.96. The third kappa shape index (κ3) is 5.81. The molecule has 0 fully saturated rings. The Labute approximate surface area is 97.9 Å². The molecule has 5 nitrogen and oxygen atoms in total. The number of pyridine rings is 1. The van der Waals surface area contributed by atoms with E-state index in [0.29, 0.717) is 5.69 Å². The summed E-state index contributed by atoms with van der Waals surface area (Å²) < 4.78 is 4.65. The van der Waals surface area contributed by atoms with Crippen LogP contribution in [0.2, 0.25) is 0 Å². The van der Waals surface area contributed by atoms with Gasteiger partial charge in [0.05, 0.1) is 6.54 Å². The van der Waals surface area contributed by atoms with E-state index in [9.17, 15) is 4.79 Å². The van der Waals surface area contributed by atoms with Crippen molar-refractivity contribution in [3.8, 4) is 0 Å². The molecular weight excluding hydrogens is 241 g/mol. The van der Waals surface area contributed by atoms with Gasteiger partial charge in [-0.2, -0.15) is 0 Å². The normalized spacial score (nSPS) is 11.7. The molecule has 2 N–H and O–H groups in total. The summed E-state index contributed by atoms with van der Waals surface area (Å²) in [6.45, 7) is 1.62. The van der Waals surface area contributed by atoms with E-state index < -0.39 is 5.91 Å². The average molecular weight is 252 g/mol. The van der Waals surface area contributed by atoms with Gasteiger partial charge in [0.1, 0.15) is 12.3 Å². The second-order valence-corrected chi connectivity index (χ2v) is 2.46. The SMILES string of the molecule is C1=NCCO1.NC(=O)c1ccccn1.[Co]. The molecule has 0 aliphatic carbocycles. The van der Waals surface area contributed by atoms with Crippen LogP contribution >= 0.6 is 0 Å². The number of primary amides is 1. The molecule has 0 saturated heterocycles. The van der Waals surface area contributed by atoms with Crippen LogP contribution < -0.4 is 5.73 Å². The summed E-state index contributed by atoms with van der Waals surface area (Å²) in [6, 6.07) is 5.02. The van der Waals surface area contributed by atoms with Gasteiger partial charge in [-0.05, 0) is 12.1 Å². The van der Waals surface area contributed by atoms with Gasteiger partial charge < -0.3 is 10.5 Å². The van der Waals surface area contributed by atoms with Crippen LogP contribution in [0.25, 0.3) is 0 Å². The van der Waals surface area contributed by atoms with E-state index in [2.05, 4.69) is 14.7 Å². The molecule has 0 unspecified atom stereocenters. The number of carbonyl (C=O) groups excluding carboxylic acids is 1. The van der Waals surface area contributed by atoms with Crippen molar-refractivity contribution in [2.75, 3.05) is 13.2 Å². The number of aromatic nitrogens is 1. The number of rotatable bonds is 1. The topological polar surface area (TPSA) is 77.6 Å². The van der Waals surface area contributed by atoms with Crippen molar-refractivity contribution in [2.24, 2.45) is 10.7 Å². The van der Waals surface area contributed by atoms with Gasteiger partial charge in [0.25, 0.3) is 5.91 Å². The molecule has 1 aliphatic rings. The summed E-state index contributed by atoms with van der Waals surface area (Å²) in [6.07, 6.45) is 3.01. The molecule has 0 bridgehead atoms. The molecule has 0 atom stereocenters. The predicted octanol–water partition coefficient (Wildman–Crippen LogP) is 0.223. The number of hydrogen-bond acceptors (Lipinski definition) is 4. The third-order valence-corrected chi connectivity index (χ3v) is 1.40. The molecule has 0 spiro atoms. The van der Waals surface area contributed by atoms with Crippen LogP contribution in [-0.4, -0.2) is 30.4 Å². The fourth-order valence-electron chi connectivity index (χ4n) is 0.772. The Morgan fingerprint density at radius 1 is 1.47 bits per heavy atom. The molecule has 2 heterocycles. The predicted molar refractivity (Wildman–Crippen MR) is 52.1 cm³/mol. The maximum absolute atomic E-state index is 10.4. The Morgan fingerprint density at radius 3 is 2.53 bits per heavy atom. The molecule has 6 heteroatoms. The minimum atomic E-state index is -0.490. The number of hydrogen-bond donors (Lipinski definition) is 1. The van der Waals surface area contributed by atoms with E-state index in [4.69, 9.17) is 5.73 Å². The van der Waals surface area contributed by atoms with Gasteiger partial charge in [0, 0.05) is 23.0 Å². The van der Waals surface area contributed by atoms with Crippen LogP contribution in [-0.2, 0) is 21.5 Å². The molecular formula is C9H11CoN3O2. The molecule has 1 amide bonds. The summed E-state index contributed by atoms with van der Waals surface area (Å²) in [5.41, 5.74) is 5.22. The molecule has 1 radical (unpaired) electrons. The number of amides is 1. The number of nitrogens with zero attached hydrogens (tertiary/aromatic N) is 2. The van der Waals surface area contributed by atoms with Gasteiger partial charge in [0.15, 0.2) is 6.40 Å². The van der Waals surface area contributed by atoms with Crippen LogP contribution in [0.4, 0.5) is 0 Å². The first-order chi connectivity index (χ1) is 6.80. The van der Waals surface area contributed by atoms with Crippen LogP contribution in [0.3, 0.4) is 0 Å². The van der Waals surface area contributed by atoms with Crippen LogP contribution in [0.1, 0.15) is 10.5 Å². The smallest absolute Gasteiger partial charge is 0.267 e. The van der Waals surface area contributed by atoms with Crippen molar-refractivity contribution in [3.05, 3.63) is 30.1 Å². The maximum atomic E-state index is 10.4. The van der Waals surface area contributed by atoms with E-state index in [1.807, 2.05) is 0 Å². The van der Waals surface area contributed by atoms with E-state index in [-0.39, 0.29) is 16.8 Å². The Bertz CT molecular complexity index is 310. The van der Waals surface area contributed by atoms with Crippen LogP contribution in [0, 0.1) is 0 Å². The summed E-state index contributed by atoms with van der Waals surface area (Å²) in [7, 11) is 0. The van der Waals surface area contributed by atoms with Crippen LogP contribution in [0.5, 0.6) is 0 Å². The molecule has 83 valence electrons. The van der Waals surface area contributed by atoms with Gasteiger partial charge in [-0.25, -0.2) is 0 Å². The van der Waals surface area contributed by atoms with Crippen molar-refractivity contribution in [3.63, 3.8) is 0 Å². The van der Waals surface area contributed by atoms with E-state index in [1.54, 1.807) is 18.2 Å². The second kappa shape index (κ2) is 7.95. The molecule has 2 rings (SSSR count). The van der Waals surface area contributed by atoms with Crippen molar-refractivity contribution in [1.82, 2.24) is 4.98 Å². The minimum Gasteiger partial charge on any atom is -0.482 e. The van der Waals surface area contributed by atoms with Gasteiger partial charge >= 0.3 is 0 Å². The molecule has 1 aliphatic heterocycles. The van der Waals surface area contributed by atoms with Gasteiger partial charge in [0.2, 0.25) is 0 Å². The first-order valence-electron chi connectivity index (χ1n) is 4.11. The Kier molecular flexibility index (Phi) is 7.21. The molecule has 1 aromatic heterocycles. The number of carbonyl (C=O) groups is 1. The summed E-state index contributed by atoms with van der Waals surface area (Å²) in [4.78, 5) is 17.8. The number of ether oxygens (including phenoxy) is 1. The standard InChI is InChI=1S/C6H6N2O.C3H5NO.Co/c7-6(9)5-3-1-2-4-8-5;1-2-5-3-4-1;/h1-4H,(H2,7,9);3H,1-2H2;. The van der Waals surface area contributed by atoms with E-state index >= 15 is 0 Å². The average Bonchev–Trinajstić information content (AvgIpc) is 2.77. The zero-order valence-electron chi connectivity index (χ0n) is 7.92. The summed E-state index contributed by atoms with van der Waals surface area (Å²) >= 11 is 0. The van der Waals surface area contributed by atoms with Gasteiger partial charge in [-0.1, -0.05) is 6.07 Å². The molecule has 1 aromatic rings. The Balaban J connectivity index is 0.000000280. The maximum Gasteiger partial charge on any atom is 0.267 e. The van der Waals surface area contributed by atoms with Crippen molar-refractivity contribution < 1.29 is 26.3 Å². The Morgan fingerprint density at radius 2 is 2.27 bits per heavy atom. The monoisotopic (exact) mass is 252 g/mol. The fraction of sp³-hybridized carbons (Fsp3) is 0.222.